The molecule has 2 heterocycles. The smallest absolute Gasteiger partial charge is 0.263 e. The third kappa shape index (κ3) is 4.74. The molecule has 0 unspecified atom stereocenters. The molecule has 0 saturated carbocycles. The van der Waals surface area contributed by atoms with Crippen LogP contribution in [0.15, 0.2) is 35.5 Å². The van der Waals surface area contributed by atoms with E-state index in [1.54, 1.807) is 12.1 Å². The Kier molecular flexibility index (Phi) is 6.74. The zero-order valence-corrected chi connectivity index (χ0v) is 17.5. The van der Waals surface area contributed by atoms with Crippen molar-refractivity contribution in [2.45, 2.75) is 44.2 Å². The summed E-state index contributed by atoms with van der Waals surface area (Å²) in [5, 5.41) is 7.50. The van der Waals surface area contributed by atoms with Gasteiger partial charge in [0.2, 0.25) is 5.03 Å². The molecule has 1 aliphatic rings. The van der Waals surface area contributed by atoms with Gasteiger partial charge in [0.1, 0.15) is 0 Å². The number of benzene rings is 1. The highest BCUT2D eigenvalue weighted by Crippen LogP contribution is 2.22. The zero-order chi connectivity index (χ0) is 20.1. The van der Waals surface area contributed by atoms with Crippen LogP contribution in [0.5, 0.6) is 0 Å². The SMILES string of the molecule is CCn1cc(C(=O)NCCc2ccc(Cl)cc2)c(S(=O)(=O)N2CCCCC2)n1. The van der Waals surface area contributed by atoms with Crippen molar-refractivity contribution in [2.75, 3.05) is 19.6 Å². The Balaban J connectivity index is 1.74. The second-order valence-electron chi connectivity index (χ2n) is 6.80. The van der Waals surface area contributed by atoms with Crippen LogP contribution in [0, 0.1) is 0 Å². The lowest BCUT2D eigenvalue weighted by Crippen LogP contribution is -2.37. The number of hydrogen-bond donors (Lipinski definition) is 1. The molecule has 3 rings (SSSR count). The van der Waals surface area contributed by atoms with Gasteiger partial charge in [0.15, 0.2) is 0 Å². The van der Waals surface area contributed by atoms with Crippen LogP contribution in [0.1, 0.15) is 42.1 Å². The molecule has 1 fully saturated rings. The summed E-state index contributed by atoms with van der Waals surface area (Å²) in [4.78, 5) is 12.7. The number of rotatable bonds is 7. The lowest BCUT2D eigenvalue weighted by Gasteiger charge is -2.25. The van der Waals surface area contributed by atoms with E-state index in [4.69, 9.17) is 11.6 Å². The number of piperidine rings is 1. The maximum Gasteiger partial charge on any atom is 0.263 e. The molecule has 1 saturated heterocycles. The number of sulfonamides is 1. The molecule has 2 aromatic rings. The first-order valence-corrected chi connectivity index (χ1v) is 11.3. The number of nitrogens with zero attached hydrogens (tertiary/aromatic N) is 3. The lowest BCUT2D eigenvalue weighted by atomic mass is 10.1. The summed E-state index contributed by atoms with van der Waals surface area (Å²) in [5.41, 5.74) is 1.14. The average molecular weight is 425 g/mol. The van der Waals surface area contributed by atoms with E-state index in [0.717, 1.165) is 24.8 Å². The van der Waals surface area contributed by atoms with Crippen LogP contribution in [0.2, 0.25) is 5.02 Å². The number of aromatic nitrogens is 2. The van der Waals surface area contributed by atoms with E-state index >= 15 is 0 Å². The topological polar surface area (TPSA) is 84.3 Å². The maximum atomic E-state index is 13.0. The van der Waals surface area contributed by atoms with Crippen molar-refractivity contribution in [3.05, 3.63) is 46.6 Å². The molecule has 1 amide bonds. The fraction of sp³-hybridized carbons (Fsp3) is 0.474. The molecule has 0 radical (unpaired) electrons. The highest BCUT2D eigenvalue weighted by molar-refractivity contribution is 7.89. The Labute approximate surface area is 170 Å². The van der Waals surface area contributed by atoms with Crippen molar-refractivity contribution in [1.82, 2.24) is 19.4 Å². The first-order chi connectivity index (χ1) is 13.4. The van der Waals surface area contributed by atoms with Gasteiger partial charge in [-0.2, -0.15) is 9.40 Å². The molecular formula is C19H25ClN4O3S. The van der Waals surface area contributed by atoms with Gasteiger partial charge in [0.25, 0.3) is 15.9 Å². The van der Waals surface area contributed by atoms with Crippen molar-refractivity contribution in [2.24, 2.45) is 0 Å². The fourth-order valence-corrected chi connectivity index (χ4v) is 4.95. The lowest BCUT2D eigenvalue weighted by molar-refractivity contribution is 0.0950. The van der Waals surface area contributed by atoms with Crippen LogP contribution in [-0.4, -0.2) is 48.0 Å². The third-order valence-electron chi connectivity index (χ3n) is 4.81. The van der Waals surface area contributed by atoms with Gasteiger partial charge in [-0.15, -0.1) is 0 Å². The molecule has 1 aromatic heterocycles. The van der Waals surface area contributed by atoms with Gasteiger partial charge >= 0.3 is 0 Å². The van der Waals surface area contributed by atoms with Gasteiger partial charge in [-0.05, 0) is 43.9 Å². The summed E-state index contributed by atoms with van der Waals surface area (Å²) in [5.74, 6) is -0.427. The first kappa shape index (κ1) is 20.8. The molecule has 0 aliphatic carbocycles. The molecule has 1 aromatic carbocycles. The summed E-state index contributed by atoms with van der Waals surface area (Å²) in [6.07, 6.45) is 4.81. The first-order valence-electron chi connectivity index (χ1n) is 9.52. The van der Waals surface area contributed by atoms with Crippen molar-refractivity contribution < 1.29 is 13.2 Å². The standard InChI is InChI=1S/C19H25ClN4O3S/c1-2-23-14-17(18(25)21-11-10-15-6-8-16(20)9-7-15)19(22-23)28(26,27)24-12-4-3-5-13-24/h6-9,14H,2-5,10-13H2,1H3,(H,21,25). The van der Waals surface area contributed by atoms with E-state index in [9.17, 15) is 13.2 Å². The number of carbonyl (C=O) groups is 1. The van der Waals surface area contributed by atoms with Crippen LogP contribution in [0.4, 0.5) is 0 Å². The molecule has 7 nitrogen and oxygen atoms in total. The van der Waals surface area contributed by atoms with Crippen LogP contribution in [-0.2, 0) is 23.0 Å². The fourth-order valence-electron chi connectivity index (χ4n) is 3.21. The van der Waals surface area contributed by atoms with Crippen LogP contribution < -0.4 is 5.32 Å². The van der Waals surface area contributed by atoms with Crippen LogP contribution >= 0.6 is 11.6 Å². The molecule has 0 atom stereocenters. The van der Waals surface area contributed by atoms with E-state index in [2.05, 4.69) is 10.4 Å². The normalized spacial score (nSPS) is 15.5. The average Bonchev–Trinajstić information content (AvgIpc) is 3.16. The Morgan fingerprint density at radius 1 is 1.18 bits per heavy atom. The predicted molar refractivity (Wildman–Crippen MR) is 108 cm³/mol. The molecule has 9 heteroatoms. The number of nitrogens with one attached hydrogen (secondary N) is 1. The Morgan fingerprint density at radius 3 is 2.50 bits per heavy atom. The second-order valence-corrected chi connectivity index (χ2v) is 9.09. The highest BCUT2D eigenvalue weighted by atomic mass is 35.5. The van der Waals surface area contributed by atoms with Gasteiger partial charge in [-0.3, -0.25) is 9.48 Å². The predicted octanol–water partition coefficient (Wildman–Crippen LogP) is 2.70. The number of aryl methyl sites for hydroxylation is 1. The summed E-state index contributed by atoms with van der Waals surface area (Å²) in [6.45, 7) is 3.67. The highest BCUT2D eigenvalue weighted by Gasteiger charge is 2.33. The quantitative estimate of drug-likeness (QED) is 0.740. The summed E-state index contributed by atoms with van der Waals surface area (Å²) in [6, 6.07) is 7.40. The minimum atomic E-state index is -3.78. The molecular weight excluding hydrogens is 400 g/mol. The van der Waals surface area contributed by atoms with E-state index in [0.29, 0.717) is 37.6 Å². The largest absolute Gasteiger partial charge is 0.352 e. The number of hydrogen-bond acceptors (Lipinski definition) is 4. The molecule has 152 valence electrons. The molecule has 28 heavy (non-hydrogen) atoms. The zero-order valence-electron chi connectivity index (χ0n) is 15.9. The Bertz CT molecular complexity index is 919. The molecule has 1 N–H and O–H groups in total. The second kappa shape index (κ2) is 9.07. The Morgan fingerprint density at radius 2 is 1.86 bits per heavy atom. The van der Waals surface area contributed by atoms with Gasteiger partial charge < -0.3 is 5.32 Å². The van der Waals surface area contributed by atoms with E-state index in [-0.39, 0.29) is 10.6 Å². The monoisotopic (exact) mass is 424 g/mol. The van der Waals surface area contributed by atoms with Gasteiger partial charge in [0.05, 0.1) is 5.56 Å². The molecule has 0 bridgehead atoms. The van der Waals surface area contributed by atoms with Gasteiger partial charge in [-0.1, -0.05) is 30.2 Å². The van der Waals surface area contributed by atoms with Crippen LogP contribution in [0.25, 0.3) is 0 Å². The molecule has 0 spiro atoms. The van der Waals surface area contributed by atoms with Crippen LogP contribution in [0.3, 0.4) is 0 Å². The van der Waals surface area contributed by atoms with Gasteiger partial charge in [0, 0.05) is 37.4 Å². The number of amides is 1. The number of carbonyl (C=O) groups excluding carboxylic acids is 1. The van der Waals surface area contributed by atoms with Gasteiger partial charge in [-0.25, -0.2) is 8.42 Å². The van der Waals surface area contributed by atoms with Crippen molar-refractivity contribution >= 4 is 27.5 Å². The minimum Gasteiger partial charge on any atom is -0.352 e. The molecule has 1 aliphatic heterocycles. The van der Waals surface area contributed by atoms with Crippen molar-refractivity contribution in [1.29, 1.82) is 0 Å². The summed E-state index contributed by atoms with van der Waals surface area (Å²) < 4.78 is 29.0. The third-order valence-corrected chi connectivity index (χ3v) is 6.90. The van der Waals surface area contributed by atoms with E-state index in [1.807, 2.05) is 19.1 Å². The number of halogens is 1. The Hall–Kier alpha value is -1.90. The van der Waals surface area contributed by atoms with E-state index < -0.39 is 15.9 Å². The maximum absolute atomic E-state index is 13.0. The van der Waals surface area contributed by atoms with Crippen molar-refractivity contribution in [3.63, 3.8) is 0 Å². The summed E-state index contributed by atoms with van der Waals surface area (Å²) in [7, 11) is -3.78. The van der Waals surface area contributed by atoms with E-state index in [1.165, 1.54) is 15.2 Å². The van der Waals surface area contributed by atoms with Crippen molar-refractivity contribution in [3.8, 4) is 0 Å². The minimum absolute atomic E-state index is 0.100. The summed E-state index contributed by atoms with van der Waals surface area (Å²) >= 11 is 5.88.